The smallest absolute Gasteiger partial charge is 0.388 e. The predicted molar refractivity (Wildman–Crippen MR) is 103 cm³/mol. The average Bonchev–Trinajstić information content (AvgIpc) is 3.16. The molecule has 2 bridgehead atoms. The van der Waals surface area contributed by atoms with Crippen molar-refractivity contribution in [1.82, 2.24) is 9.97 Å². The molecule has 178 valence electrons. The summed E-state index contributed by atoms with van der Waals surface area (Å²) in [4.78, 5) is 9.64. The van der Waals surface area contributed by atoms with Crippen LogP contribution in [0.1, 0.15) is 31.4 Å². The zero-order valence-corrected chi connectivity index (χ0v) is 17.1. The highest BCUT2D eigenvalue weighted by molar-refractivity contribution is 5.35. The molecule has 0 spiro atoms. The zero-order chi connectivity index (χ0) is 23.2. The summed E-state index contributed by atoms with van der Waals surface area (Å²) in [6, 6.07) is -1.06. The molecule has 2 aliphatic heterocycles. The number of alkyl halides is 3. The monoisotopic (exact) mass is 462 g/mol. The standard InChI is InChI=1S/C18H25F3N6O5/c19-18(20,21)11-7-23-8-12(25-11)26-13-14(28)15(29)17(10-31-16(13)32-17)9-30-6-4-2-1-3-5-24-27-22/h7-8,13-16,28-29H,1-6,9-10H2,(H,25,26)/t13-,14-,15-,16+,17+/m1/s1. The lowest BCUT2D eigenvalue weighted by Crippen LogP contribution is -2.64. The Hall–Kier alpha value is -2.22. The second-order valence-corrected chi connectivity index (χ2v) is 7.68. The van der Waals surface area contributed by atoms with Crippen molar-refractivity contribution in [2.24, 2.45) is 5.11 Å². The first-order valence-corrected chi connectivity index (χ1v) is 10.2. The lowest BCUT2D eigenvalue weighted by atomic mass is 9.88. The van der Waals surface area contributed by atoms with Crippen LogP contribution in [0, 0.1) is 0 Å². The number of aliphatic hydroxyl groups excluding tert-OH is 2. The van der Waals surface area contributed by atoms with Gasteiger partial charge in [0.1, 0.15) is 29.7 Å². The second kappa shape index (κ2) is 10.6. The zero-order valence-electron chi connectivity index (χ0n) is 17.1. The van der Waals surface area contributed by atoms with Crippen molar-refractivity contribution in [1.29, 1.82) is 0 Å². The maximum Gasteiger partial charge on any atom is 0.434 e. The normalized spacial score (nSPS) is 29.5. The molecule has 0 unspecified atom stereocenters. The van der Waals surface area contributed by atoms with E-state index in [1.165, 1.54) is 0 Å². The third-order valence-electron chi connectivity index (χ3n) is 5.31. The number of nitrogens with zero attached hydrogens (tertiary/aromatic N) is 5. The van der Waals surface area contributed by atoms with Crippen molar-refractivity contribution in [3.63, 3.8) is 0 Å². The summed E-state index contributed by atoms with van der Waals surface area (Å²) in [5.74, 6) is -0.237. The van der Waals surface area contributed by atoms with E-state index in [1.54, 1.807) is 0 Å². The molecule has 5 atom stereocenters. The van der Waals surface area contributed by atoms with Crippen LogP contribution in [0.2, 0.25) is 0 Å². The average molecular weight is 462 g/mol. The number of fused-ring (bicyclic) bond motifs is 2. The molecular formula is C18H25F3N6O5. The molecule has 2 fully saturated rings. The Kier molecular flexibility index (Phi) is 8.09. The highest BCUT2D eigenvalue weighted by Gasteiger charge is 2.59. The summed E-state index contributed by atoms with van der Waals surface area (Å²) >= 11 is 0. The molecule has 2 saturated heterocycles. The van der Waals surface area contributed by atoms with Crippen LogP contribution >= 0.6 is 0 Å². The van der Waals surface area contributed by atoms with E-state index >= 15 is 0 Å². The quantitative estimate of drug-likeness (QED) is 0.195. The fourth-order valence-corrected chi connectivity index (χ4v) is 3.61. The number of halogens is 3. The third kappa shape index (κ3) is 5.77. The minimum Gasteiger partial charge on any atom is -0.388 e. The van der Waals surface area contributed by atoms with Gasteiger partial charge < -0.3 is 29.7 Å². The van der Waals surface area contributed by atoms with Crippen LogP contribution in [-0.2, 0) is 20.4 Å². The van der Waals surface area contributed by atoms with Crippen molar-refractivity contribution < 1.29 is 37.6 Å². The van der Waals surface area contributed by atoms with Gasteiger partial charge in [-0.05, 0) is 18.4 Å². The van der Waals surface area contributed by atoms with Crippen LogP contribution in [0.3, 0.4) is 0 Å². The second-order valence-electron chi connectivity index (χ2n) is 7.68. The van der Waals surface area contributed by atoms with Gasteiger partial charge in [0.05, 0.1) is 25.6 Å². The number of hydrogen-bond donors (Lipinski definition) is 3. The minimum absolute atomic E-state index is 0.0173. The Balaban J connectivity index is 1.50. The Morgan fingerprint density at radius 2 is 2.06 bits per heavy atom. The molecule has 2 aliphatic rings. The Morgan fingerprint density at radius 1 is 1.28 bits per heavy atom. The Morgan fingerprint density at radius 3 is 2.81 bits per heavy atom. The van der Waals surface area contributed by atoms with Crippen molar-refractivity contribution in [2.75, 3.05) is 31.7 Å². The number of rotatable bonds is 11. The molecule has 11 nitrogen and oxygen atoms in total. The van der Waals surface area contributed by atoms with Crippen molar-refractivity contribution in [3.8, 4) is 0 Å². The first kappa shape index (κ1) is 24.4. The summed E-state index contributed by atoms with van der Waals surface area (Å²) in [6.07, 6.45) is -3.52. The molecule has 3 rings (SSSR count). The number of hydrogen-bond acceptors (Lipinski definition) is 9. The maximum absolute atomic E-state index is 12.9. The van der Waals surface area contributed by atoms with E-state index in [9.17, 15) is 23.4 Å². The van der Waals surface area contributed by atoms with Gasteiger partial charge in [0.15, 0.2) is 12.0 Å². The molecule has 0 aliphatic carbocycles. The van der Waals surface area contributed by atoms with E-state index in [2.05, 4.69) is 25.3 Å². The topological polar surface area (TPSA) is 155 Å². The van der Waals surface area contributed by atoms with Gasteiger partial charge in [0.25, 0.3) is 0 Å². The van der Waals surface area contributed by atoms with Gasteiger partial charge in [-0.2, -0.15) is 13.2 Å². The molecule has 0 aromatic carbocycles. The first-order valence-electron chi connectivity index (χ1n) is 10.2. The maximum atomic E-state index is 12.9. The lowest BCUT2D eigenvalue weighted by Gasteiger charge is -2.42. The van der Waals surface area contributed by atoms with Crippen LogP contribution in [-0.4, -0.2) is 76.7 Å². The van der Waals surface area contributed by atoms with Gasteiger partial charge in [-0.25, -0.2) is 4.98 Å². The fourth-order valence-electron chi connectivity index (χ4n) is 3.61. The van der Waals surface area contributed by atoms with E-state index in [1.807, 2.05) is 0 Å². The van der Waals surface area contributed by atoms with Crippen molar-refractivity contribution >= 4 is 5.82 Å². The molecule has 0 saturated carbocycles. The van der Waals surface area contributed by atoms with Crippen LogP contribution in [0.25, 0.3) is 10.4 Å². The lowest BCUT2D eigenvalue weighted by molar-refractivity contribution is -0.229. The number of anilines is 1. The van der Waals surface area contributed by atoms with Gasteiger partial charge in [0.2, 0.25) is 0 Å². The SMILES string of the molecule is [N-]=[N+]=NCCCCCCOC[C@@]12CO[C@@H](O1)[C@H](Nc1cncc(C(F)(F)F)n1)[C@@H](O)[C@H]2O. The number of aromatic nitrogens is 2. The van der Waals surface area contributed by atoms with E-state index < -0.39 is 42.0 Å². The van der Waals surface area contributed by atoms with Crippen molar-refractivity contribution in [3.05, 3.63) is 28.5 Å². The summed E-state index contributed by atoms with van der Waals surface area (Å²) in [6.45, 7) is 0.797. The Labute approximate surface area is 181 Å². The van der Waals surface area contributed by atoms with Gasteiger partial charge >= 0.3 is 6.18 Å². The summed E-state index contributed by atoms with van der Waals surface area (Å²) in [5, 5.41) is 27.3. The molecule has 0 amide bonds. The van der Waals surface area contributed by atoms with Gasteiger partial charge in [-0.1, -0.05) is 18.0 Å². The highest BCUT2D eigenvalue weighted by Crippen LogP contribution is 2.38. The first-order chi connectivity index (χ1) is 15.3. The third-order valence-corrected chi connectivity index (χ3v) is 5.31. The largest absolute Gasteiger partial charge is 0.434 e. The number of ether oxygens (including phenoxy) is 3. The molecule has 14 heteroatoms. The summed E-state index contributed by atoms with van der Waals surface area (Å²) in [5.41, 5.74) is 5.74. The van der Waals surface area contributed by atoms with Gasteiger partial charge in [-0.3, -0.25) is 4.98 Å². The molecule has 1 aromatic rings. The molecule has 3 N–H and O–H groups in total. The van der Waals surface area contributed by atoms with Crippen LogP contribution in [0.4, 0.5) is 19.0 Å². The van der Waals surface area contributed by atoms with Gasteiger partial charge in [0, 0.05) is 18.1 Å². The number of aliphatic hydroxyl groups is 2. The van der Waals surface area contributed by atoms with E-state index in [0.29, 0.717) is 19.3 Å². The van der Waals surface area contributed by atoms with Crippen LogP contribution < -0.4 is 5.32 Å². The summed E-state index contributed by atoms with van der Waals surface area (Å²) in [7, 11) is 0. The van der Waals surface area contributed by atoms with Crippen molar-refractivity contribution in [2.45, 2.75) is 62.0 Å². The molecule has 1 aromatic heterocycles. The molecule has 3 heterocycles. The molecule has 0 radical (unpaired) electrons. The number of azide groups is 1. The predicted octanol–water partition coefficient (Wildman–Crippen LogP) is 2.01. The number of nitrogens with one attached hydrogen (secondary N) is 1. The van der Waals surface area contributed by atoms with E-state index in [-0.39, 0.29) is 19.0 Å². The van der Waals surface area contributed by atoms with Crippen LogP contribution in [0.15, 0.2) is 17.5 Å². The molecule has 32 heavy (non-hydrogen) atoms. The summed E-state index contributed by atoms with van der Waals surface area (Å²) < 4.78 is 55.5. The molecular weight excluding hydrogens is 437 g/mol. The van der Waals surface area contributed by atoms with Gasteiger partial charge in [-0.15, -0.1) is 0 Å². The van der Waals surface area contributed by atoms with Crippen LogP contribution in [0.5, 0.6) is 0 Å². The fraction of sp³-hybridized carbons (Fsp3) is 0.778. The minimum atomic E-state index is -4.67. The van der Waals surface area contributed by atoms with E-state index in [4.69, 9.17) is 19.7 Å². The number of unbranched alkanes of at least 4 members (excludes halogenated alkanes) is 3. The van der Waals surface area contributed by atoms with E-state index in [0.717, 1.165) is 31.9 Å². The highest BCUT2D eigenvalue weighted by atomic mass is 19.4. The Bertz CT molecular complexity index is 812.